The molecule has 1 rings (SSSR count). The Morgan fingerprint density at radius 3 is 1.68 bits per heavy atom. The Balaban J connectivity index is 2.65. The molecule has 28 heavy (non-hydrogen) atoms. The van der Waals surface area contributed by atoms with Crippen molar-refractivity contribution in [1.82, 2.24) is 0 Å². The molecule has 0 aliphatic heterocycles. The molecule has 2 unspecified atom stereocenters. The predicted octanol–water partition coefficient (Wildman–Crippen LogP) is 6.69. The van der Waals surface area contributed by atoms with Gasteiger partial charge in [-0.05, 0) is 37.5 Å². The summed E-state index contributed by atoms with van der Waals surface area (Å²) >= 11 is 0. The lowest BCUT2D eigenvalue weighted by Crippen LogP contribution is -2.54. The molecule has 0 heterocycles. The third-order valence-corrected chi connectivity index (χ3v) is 6.48. The van der Waals surface area contributed by atoms with Gasteiger partial charge in [0.15, 0.2) is 0 Å². The molecule has 0 saturated heterocycles. The standard InChI is InChI=1S/C24H42O4/c1-19(2)14-10-8-6-5-7-9-11-15-23(21(25)26)16-12-13-17-24(23,22(27)28)18-20(3)4/h12-13,19-20H,5-11,14-18H2,1-4H3,(H,25,26)(H,27,28). The average Bonchev–Trinajstić information content (AvgIpc) is 2.60. The molecule has 1 aliphatic rings. The third kappa shape index (κ3) is 6.35. The molecule has 0 bridgehead atoms. The van der Waals surface area contributed by atoms with Crippen LogP contribution in [0.15, 0.2) is 12.2 Å². The minimum Gasteiger partial charge on any atom is -0.481 e. The summed E-state index contributed by atoms with van der Waals surface area (Å²) in [5.41, 5.74) is -2.38. The van der Waals surface area contributed by atoms with Gasteiger partial charge in [0.25, 0.3) is 0 Å². The molecule has 0 aromatic rings. The van der Waals surface area contributed by atoms with Gasteiger partial charge in [-0.3, -0.25) is 9.59 Å². The monoisotopic (exact) mass is 394 g/mol. The van der Waals surface area contributed by atoms with Gasteiger partial charge in [-0.15, -0.1) is 0 Å². The number of aliphatic carboxylic acids is 2. The van der Waals surface area contributed by atoms with E-state index in [4.69, 9.17) is 0 Å². The second-order valence-electron chi connectivity index (χ2n) is 9.66. The molecular formula is C24H42O4. The van der Waals surface area contributed by atoms with E-state index in [0.717, 1.165) is 25.2 Å². The van der Waals surface area contributed by atoms with Crippen molar-refractivity contribution in [2.24, 2.45) is 22.7 Å². The maximum absolute atomic E-state index is 12.4. The van der Waals surface area contributed by atoms with Crippen molar-refractivity contribution in [3.05, 3.63) is 12.2 Å². The van der Waals surface area contributed by atoms with E-state index in [0.29, 0.717) is 25.7 Å². The van der Waals surface area contributed by atoms with Crippen molar-refractivity contribution in [3.8, 4) is 0 Å². The number of carboxylic acid groups (broad SMARTS) is 2. The molecule has 0 spiro atoms. The highest BCUT2D eigenvalue weighted by atomic mass is 16.4. The third-order valence-electron chi connectivity index (χ3n) is 6.48. The molecule has 0 aromatic carbocycles. The van der Waals surface area contributed by atoms with E-state index in [9.17, 15) is 19.8 Å². The van der Waals surface area contributed by atoms with Gasteiger partial charge in [0.1, 0.15) is 0 Å². The molecule has 0 aromatic heterocycles. The van der Waals surface area contributed by atoms with Crippen LogP contribution in [0.1, 0.15) is 105 Å². The van der Waals surface area contributed by atoms with E-state index in [1.54, 1.807) is 0 Å². The second kappa shape index (κ2) is 11.6. The average molecular weight is 395 g/mol. The first-order valence-electron chi connectivity index (χ1n) is 11.3. The Morgan fingerprint density at radius 1 is 0.750 bits per heavy atom. The minimum absolute atomic E-state index is 0.146. The number of hydrogen-bond acceptors (Lipinski definition) is 2. The molecule has 1 aliphatic carbocycles. The lowest BCUT2D eigenvalue weighted by Gasteiger charge is -2.47. The van der Waals surface area contributed by atoms with Crippen LogP contribution in [0.25, 0.3) is 0 Å². The highest BCUT2D eigenvalue weighted by Crippen LogP contribution is 2.55. The largest absolute Gasteiger partial charge is 0.481 e. The fourth-order valence-electron chi connectivity index (χ4n) is 4.92. The Hall–Kier alpha value is -1.32. The Labute approximate surface area is 171 Å². The number of allylic oxidation sites excluding steroid dienone is 2. The van der Waals surface area contributed by atoms with Crippen LogP contribution in [0.5, 0.6) is 0 Å². The molecule has 4 heteroatoms. The van der Waals surface area contributed by atoms with E-state index < -0.39 is 22.8 Å². The van der Waals surface area contributed by atoms with Crippen molar-refractivity contribution in [3.63, 3.8) is 0 Å². The number of carbonyl (C=O) groups is 2. The molecule has 2 N–H and O–H groups in total. The molecule has 0 saturated carbocycles. The van der Waals surface area contributed by atoms with Crippen LogP contribution in [-0.4, -0.2) is 22.2 Å². The van der Waals surface area contributed by atoms with Gasteiger partial charge in [-0.2, -0.15) is 0 Å². The van der Waals surface area contributed by atoms with E-state index in [2.05, 4.69) is 13.8 Å². The lowest BCUT2D eigenvalue weighted by molar-refractivity contribution is -0.178. The first-order valence-corrected chi connectivity index (χ1v) is 11.3. The summed E-state index contributed by atoms with van der Waals surface area (Å²) in [5, 5.41) is 20.2. The molecule has 0 radical (unpaired) electrons. The number of rotatable bonds is 14. The summed E-state index contributed by atoms with van der Waals surface area (Å²) in [6.07, 6.45) is 14.5. The SMILES string of the molecule is CC(C)CCCCCCCCCC1(C(=O)O)CC=CCC1(CC(C)C)C(=O)O. The van der Waals surface area contributed by atoms with Crippen molar-refractivity contribution < 1.29 is 19.8 Å². The fourth-order valence-corrected chi connectivity index (χ4v) is 4.92. The summed E-state index contributed by atoms with van der Waals surface area (Å²) in [7, 11) is 0. The van der Waals surface area contributed by atoms with Gasteiger partial charge in [0.2, 0.25) is 0 Å². The zero-order chi connectivity index (χ0) is 21.2. The molecule has 4 nitrogen and oxygen atoms in total. The van der Waals surface area contributed by atoms with Crippen molar-refractivity contribution >= 4 is 11.9 Å². The first-order chi connectivity index (χ1) is 13.2. The maximum Gasteiger partial charge on any atom is 0.311 e. The summed E-state index contributed by atoms with van der Waals surface area (Å²) in [4.78, 5) is 24.7. The topological polar surface area (TPSA) is 74.6 Å². The van der Waals surface area contributed by atoms with Crippen LogP contribution in [0.2, 0.25) is 0 Å². The first kappa shape index (κ1) is 24.7. The molecular weight excluding hydrogens is 352 g/mol. The fraction of sp³-hybridized carbons (Fsp3) is 0.833. The highest BCUT2D eigenvalue weighted by Gasteiger charge is 2.60. The summed E-state index contributed by atoms with van der Waals surface area (Å²) in [5.74, 6) is -0.962. The van der Waals surface area contributed by atoms with Gasteiger partial charge >= 0.3 is 11.9 Å². The van der Waals surface area contributed by atoms with E-state index in [-0.39, 0.29) is 5.92 Å². The highest BCUT2D eigenvalue weighted by molar-refractivity contribution is 5.87. The van der Waals surface area contributed by atoms with Gasteiger partial charge in [-0.25, -0.2) is 0 Å². The van der Waals surface area contributed by atoms with E-state index >= 15 is 0 Å². The van der Waals surface area contributed by atoms with Gasteiger partial charge < -0.3 is 10.2 Å². The molecule has 0 fully saturated rings. The van der Waals surface area contributed by atoms with Crippen LogP contribution in [-0.2, 0) is 9.59 Å². The van der Waals surface area contributed by atoms with Crippen molar-refractivity contribution in [1.29, 1.82) is 0 Å². The van der Waals surface area contributed by atoms with Crippen LogP contribution >= 0.6 is 0 Å². The normalized spacial score (nSPS) is 24.8. The van der Waals surface area contributed by atoms with Crippen molar-refractivity contribution in [2.45, 2.75) is 105 Å². The zero-order valence-electron chi connectivity index (χ0n) is 18.5. The zero-order valence-corrected chi connectivity index (χ0v) is 18.5. The second-order valence-corrected chi connectivity index (χ2v) is 9.66. The van der Waals surface area contributed by atoms with Gasteiger partial charge in [-0.1, -0.05) is 91.2 Å². The summed E-state index contributed by atoms with van der Waals surface area (Å²) in [6.45, 7) is 8.48. The van der Waals surface area contributed by atoms with Crippen LogP contribution in [0.4, 0.5) is 0 Å². The molecule has 2 atom stereocenters. The van der Waals surface area contributed by atoms with Gasteiger partial charge in [0, 0.05) is 0 Å². The Morgan fingerprint density at radius 2 is 1.21 bits per heavy atom. The number of unbranched alkanes of at least 4 members (excludes halogenated alkanes) is 6. The lowest BCUT2D eigenvalue weighted by atomic mass is 9.53. The molecule has 0 amide bonds. The summed E-state index contributed by atoms with van der Waals surface area (Å²) in [6, 6.07) is 0. The van der Waals surface area contributed by atoms with E-state index in [1.165, 1.54) is 32.1 Å². The minimum atomic E-state index is -1.20. The van der Waals surface area contributed by atoms with Gasteiger partial charge in [0.05, 0.1) is 10.8 Å². The number of carboxylic acids is 2. The Kier molecular flexibility index (Phi) is 10.3. The van der Waals surface area contributed by atoms with Crippen molar-refractivity contribution in [2.75, 3.05) is 0 Å². The predicted molar refractivity (Wildman–Crippen MR) is 114 cm³/mol. The Bertz CT molecular complexity index is 523. The van der Waals surface area contributed by atoms with Crippen LogP contribution in [0, 0.1) is 22.7 Å². The molecule has 162 valence electrons. The quantitative estimate of drug-likeness (QED) is 0.254. The maximum atomic E-state index is 12.4. The van der Waals surface area contributed by atoms with Crippen LogP contribution in [0.3, 0.4) is 0 Å². The summed E-state index contributed by atoms with van der Waals surface area (Å²) < 4.78 is 0. The number of hydrogen-bond donors (Lipinski definition) is 2. The van der Waals surface area contributed by atoms with E-state index in [1.807, 2.05) is 26.0 Å². The van der Waals surface area contributed by atoms with Crippen LogP contribution < -0.4 is 0 Å². The smallest absolute Gasteiger partial charge is 0.311 e.